The van der Waals surface area contributed by atoms with Gasteiger partial charge in [0.1, 0.15) is 12.2 Å². The number of benzene rings is 1. The van der Waals surface area contributed by atoms with E-state index in [1.54, 1.807) is 24.3 Å². The van der Waals surface area contributed by atoms with E-state index in [-0.39, 0.29) is 23.2 Å². The Hall–Kier alpha value is -3.14. The molecule has 0 saturated heterocycles. The molecule has 2 heterocycles. The molecule has 2 atom stereocenters. The Bertz CT molecular complexity index is 1210. The van der Waals surface area contributed by atoms with Crippen LogP contribution in [0, 0.1) is 12.8 Å². The van der Waals surface area contributed by atoms with E-state index in [9.17, 15) is 18.3 Å². The van der Waals surface area contributed by atoms with Gasteiger partial charge in [0.25, 0.3) is 5.89 Å². The number of pyridine rings is 1. The summed E-state index contributed by atoms with van der Waals surface area (Å²) in [5, 5.41) is 24.1. The van der Waals surface area contributed by atoms with E-state index in [1.807, 2.05) is 33.8 Å². The number of nitrogens with one attached hydrogen (secondary N) is 2. The number of nitrogens with zero attached hydrogens (tertiary/aromatic N) is 3. The number of fused-ring (bicyclic) bond motifs is 1. The van der Waals surface area contributed by atoms with Gasteiger partial charge in [0.2, 0.25) is 0 Å². The van der Waals surface area contributed by atoms with Crippen LogP contribution in [0.4, 0.5) is 24.9 Å². The van der Waals surface area contributed by atoms with Crippen LogP contribution < -0.4 is 10.6 Å². The van der Waals surface area contributed by atoms with Gasteiger partial charge >= 0.3 is 12.2 Å². The highest BCUT2D eigenvalue weighted by molar-refractivity contribution is 5.90. The molecule has 182 valence electrons. The molecule has 1 unspecified atom stereocenters. The van der Waals surface area contributed by atoms with Crippen LogP contribution in [-0.4, -0.2) is 45.7 Å². The van der Waals surface area contributed by atoms with Gasteiger partial charge < -0.3 is 20.2 Å². The van der Waals surface area contributed by atoms with Crippen LogP contribution in [0.1, 0.15) is 38.3 Å². The van der Waals surface area contributed by atoms with E-state index in [2.05, 4.69) is 20.8 Å². The molecule has 0 fully saturated rings. The van der Waals surface area contributed by atoms with E-state index in [0.29, 0.717) is 29.9 Å². The fourth-order valence-electron chi connectivity index (χ4n) is 4.00. The average molecular weight is 476 g/mol. The number of hydrogen-bond acceptors (Lipinski definition) is 7. The van der Waals surface area contributed by atoms with Crippen LogP contribution in [0.5, 0.6) is 0 Å². The van der Waals surface area contributed by atoms with Gasteiger partial charge in [-0.1, -0.05) is 38.0 Å². The zero-order chi connectivity index (χ0) is 24.7. The van der Waals surface area contributed by atoms with Crippen molar-refractivity contribution in [1.82, 2.24) is 15.2 Å². The molecule has 0 bridgehead atoms. The first kappa shape index (κ1) is 24.0. The topological polar surface area (TPSA) is 96.1 Å². The molecule has 0 radical (unpaired) electrons. The minimum Gasteiger partial charge on any atom is -0.402 e. The summed E-state index contributed by atoms with van der Waals surface area (Å²) in [6.07, 6.45) is -0.365. The lowest BCUT2D eigenvalue weighted by Crippen LogP contribution is -2.22. The number of aryl methyl sites for hydroxylation is 1. The SMILES string of the molecule is Cc1cc(-c2nnc(NCC3C=C[C@H](O)C3)o2)nc2c(C(C)(C)C)cc(NCC(F)(F)F)cc12. The number of rotatable bonds is 6. The summed E-state index contributed by atoms with van der Waals surface area (Å²) in [4.78, 5) is 4.77. The Morgan fingerprint density at radius 2 is 1.85 bits per heavy atom. The predicted molar refractivity (Wildman–Crippen MR) is 125 cm³/mol. The Morgan fingerprint density at radius 1 is 1.09 bits per heavy atom. The summed E-state index contributed by atoms with van der Waals surface area (Å²) in [5.41, 5.74) is 2.83. The van der Waals surface area contributed by atoms with Gasteiger partial charge in [-0.25, -0.2) is 4.98 Å². The van der Waals surface area contributed by atoms with E-state index in [0.717, 1.165) is 16.5 Å². The van der Waals surface area contributed by atoms with Crippen LogP contribution in [0.15, 0.2) is 34.8 Å². The first-order valence-electron chi connectivity index (χ1n) is 11.1. The average Bonchev–Trinajstić information content (AvgIpc) is 3.38. The quantitative estimate of drug-likeness (QED) is 0.421. The number of aromatic nitrogens is 3. The molecule has 34 heavy (non-hydrogen) atoms. The number of anilines is 2. The lowest BCUT2D eigenvalue weighted by Gasteiger charge is -2.23. The molecule has 0 spiro atoms. The molecule has 0 saturated carbocycles. The standard InChI is InChI=1S/C24H28F3N5O2/c1-13-7-19(21-31-32-22(34-21)28-11-14-5-6-16(33)8-14)30-20-17(13)9-15(29-12-24(25,26)27)10-18(20)23(2,3)4/h5-7,9-10,14,16,29,33H,8,11-12H2,1-4H3,(H,28,32)/t14?,16-/m0/s1. The zero-order valence-electron chi connectivity index (χ0n) is 19.5. The molecule has 2 aromatic heterocycles. The van der Waals surface area contributed by atoms with Crippen LogP contribution in [0.3, 0.4) is 0 Å². The Kier molecular flexibility index (Phi) is 6.28. The summed E-state index contributed by atoms with van der Waals surface area (Å²) < 4.78 is 44.0. The van der Waals surface area contributed by atoms with Crippen molar-refractivity contribution in [2.24, 2.45) is 5.92 Å². The molecule has 0 aliphatic heterocycles. The maximum absolute atomic E-state index is 12.8. The van der Waals surface area contributed by atoms with Crippen LogP contribution >= 0.6 is 0 Å². The Morgan fingerprint density at radius 3 is 2.50 bits per heavy atom. The zero-order valence-corrected chi connectivity index (χ0v) is 19.5. The monoisotopic (exact) mass is 475 g/mol. The van der Waals surface area contributed by atoms with Crippen LogP contribution in [0.25, 0.3) is 22.5 Å². The van der Waals surface area contributed by atoms with Gasteiger partial charge in [0.15, 0.2) is 0 Å². The molecule has 4 rings (SSSR count). The number of aliphatic hydroxyl groups is 1. The van der Waals surface area contributed by atoms with Crippen molar-refractivity contribution in [3.05, 3.63) is 41.5 Å². The number of alkyl halides is 3. The van der Waals surface area contributed by atoms with Crippen molar-refractivity contribution in [2.45, 2.75) is 51.8 Å². The molecule has 1 aliphatic carbocycles. The normalized spacial score (nSPS) is 18.6. The highest BCUT2D eigenvalue weighted by Gasteiger charge is 2.28. The Balaban J connectivity index is 1.65. The molecule has 7 nitrogen and oxygen atoms in total. The summed E-state index contributed by atoms with van der Waals surface area (Å²) >= 11 is 0. The van der Waals surface area contributed by atoms with E-state index in [1.165, 1.54) is 0 Å². The Labute approximate surface area is 195 Å². The summed E-state index contributed by atoms with van der Waals surface area (Å²) in [6, 6.07) is 5.45. The molecule has 3 N–H and O–H groups in total. The summed E-state index contributed by atoms with van der Waals surface area (Å²) in [7, 11) is 0. The number of hydrogen-bond donors (Lipinski definition) is 3. The molecular formula is C24H28F3N5O2. The largest absolute Gasteiger partial charge is 0.405 e. The third kappa shape index (κ3) is 5.49. The van der Waals surface area contributed by atoms with Crippen molar-refractivity contribution in [2.75, 3.05) is 23.7 Å². The lowest BCUT2D eigenvalue weighted by molar-refractivity contribution is -0.115. The summed E-state index contributed by atoms with van der Waals surface area (Å²) in [5.74, 6) is 0.425. The fraction of sp³-hybridized carbons (Fsp3) is 0.458. The van der Waals surface area contributed by atoms with Gasteiger partial charge in [-0.15, -0.1) is 5.10 Å². The maximum Gasteiger partial charge on any atom is 0.405 e. The van der Waals surface area contributed by atoms with Crippen LogP contribution in [0.2, 0.25) is 0 Å². The maximum atomic E-state index is 12.8. The molecular weight excluding hydrogens is 447 g/mol. The molecule has 0 amide bonds. The van der Waals surface area contributed by atoms with E-state index < -0.39 is 18.8 Å². The molecule has 3 aromatic rings. The van der Waals surface area contributed by atoms with Crippen molar-refractivity contribution in [3.63, 3.8) is 0 Å². The van der Waals surface area contributed by atoms with Crippen molar-refractivity contribution in [3.8, 4) is 11.6 Å². The fourth-order valence-corrected chi connectivity index (χ4v) is 4.00. The van der Waals surface area contributed by atoms with Gasteiger partial charge in [-0.2, -0.15) is 13.2 Å². The molecule has 10 heteroatoms. The third-order valence-electron chi connectivity index (χ3n) is 5.73. The highest BCUT2D eigenvalue weighted by atomic mass is 19.4. The van der Waals surface area contributed by atoms with Crippen molar-refractivity contribution in [1.29, 1.82) is 0 Å². The molecule has 1 aromatic carbocycles. The second-order valence-corrected chi connectivity index (χ2v) is 9.70. The first-order chi connectivity index (χ1) is 15.9. The van der Waals surface area contributed by atoms with Gasteiger partial charge in [-0.05, 0) is 54.0 Å². The lowest BCUT2D eigenvalue weighted by atomic mass is 9.84. The van der Waals surface area contributed by atoms with Crippen molar-refractivity contribution < 1.29 is 22.7 Å². The van der Waals surface area contributed by atoms with E-state index >= 15 is 0 Å². The first-order valence-corrected chi connectivity index (χ1v) is 11.1. The van der Waals surface area contributed by atoms with Gasteiger partial charge in [0.05, 0.1) is 11.6 Å². The third-order valence-corrected chi connectivity index (χ3v) is 5.73. The second-order valence-electron chi connectivity index (χ2n) is 9.70. The highest BCUT2D eigenvalue weighted by Crippen LogP contribution is 2.35. The second kappa shape index (κ2) is 8.90. The van der Waals surface area contributed by atoms with E-state index in [4.69, 9.17) is 9.40 Å². The smallest absolute Gasteiger partial charge is 0.402 e. The summed E-state index contributed by atoms with van der Waals surface area (Å²) in [6.45, 7) is 7.29. The minimum absolute atomic E-state index is 0.181. The van der Waals surface area contributed by atoms with Crippen LogP contribution in [-0.2, 0) is 5.41 Å². The molecule has 1 aliphatic rings. The van der Waals surface area contributed by atoms with Crippen molar-refractivity contribution >= 4 is 22.6 Å². The van der Waals surface area contributed by atoms with Gasteiger partial charge in [-0.3, -0.25) is 0 Å². The van der Waals surface area contributed by atoms with Gasteiger partial charge in [0, 0.05) is 17.6 Å². The number of halogens is 3. The minimum atomic E-state index is -4.31. The number of aliphatic hydroxyl groups excluding tert-OH is 1. The predicted octanol–water partition coefficient (Wildman–Crippen LogP) is 5.21.